The molecule has 0 saturated heterocycles. The number of ketones is 1. The summed E-state index contributed by atoms with van der Waals surface area (Å²) in [7, 11) is 0. The van der Waals surface area contributed by atoms with Gasteiger partial charge in [-0.25, -0.2) is 0 Å². The molecule has 0 heterocycles. The van der Waals surface area contributed by atoms with E-state index < -0.39 is 0 Å². The lowest BCUT2D eigenvalue weighted by Gasteiger charge is -2.03. The smallest absolute Gasteiger partial charge is 0.151 e. The van der Waals surface area contributed by atoms with Gasteiger partial charge in [-0.3, -0.25) is 4.79 Å². The van der Waals surface area contributed by atoms with Gasteiger partial charge in [0.15, 0.2) is 5.78 Å². The summed E-state index contributed by atoms with van der Waals surface area (Å²) >= 11 is 7.20. The van der Waals surface area contributed by atoms with Crippen LogP contribution in [0.4, 0.5) is 0 Å². The number of rotatable bonds is 5. The van der Waals surface area contributed by atoms with E-state index in [1.165, 1.54) is 9.79 Å². The molecule has 0 spiro atoms. The Morgan fingerprint density at radius 3 is 2.17 bits per heavy atom. The summed E-state index contributed by atoms with van der Waals surface area (Å²) in [6.45, 7) is 0. The van der Waals surface area contributed by atoms with Crippen molar-refractivity contribution >= 4 is 29.1 Å². The molecule has 1 nitrogen and oxygen atoms in total. The maximum Gasteiger partial charge on any atom is 0.151 e. The van der Waals surface area contributed by atoms with E-state index in [1.54, 1.807) is 11.8 Å². The van der Waals surface area contributed by atoms with Crippen molar-refractivity contribution < 1.29 is 4.79 Å². The second kappa shape index (κ2) is 6.62. The molecule has 0 bridgehead atoms. The fourth-order valence-corrected chi connectivity index (χ4v) is 2.51. The van der Waals surface area contributed by atoms with Crippen LogP contribution in [0, 0.1) is 0 Å². The average Bonchev–Trinajstić information content (AvgIpc) is 2.42. The molecule has 0 aromatic heterocycles. The van der Waals surface area contributed by atoms with E-state index in [1.807, 2.05) is 42.5 Å². The molecule has 0 aliphatic carbocycles. The highest BCUT2D eigenvalue weighted by Gasteiger charge is 2.02. The highest BCUT2D eigenvalue weighted by Crippen LogP contribution is 2.27. The Kier molecular flexibility index (Phi) is 4.85. The van der Waals surface area contributed by atoms with Gasteiger partial charge >= 0.3 is 0 Å². The summed E-state index contributed by atoms with van der Waals surface area (Å²) in [5, 5.41) is 0. The molecule has 92 valence electrons. The zero-order valence-electron chi connectivity index (χ0n) is 9.80. The standard InChI is InChI=1S/C15H13ClOS/c16-11-13(17)10-12-6-8-15(9-7-12)18-14-4-2-1-3-5-14/h1-9H,10-11H2. The van der Waals surface area contributed by atoms with Crippen molar-refractivity contribution in [1.29, 1.82) is 0 Å². The third kappa shape index (κ3) is 3.90. The Hall–Kier alpha value is -1.25. The fraction of sp³-hybridized carbons (Fsp3) is 0.133. The summed E-state index contributed by atoms with van der Waals surface area (Å²) in [5.41, 5.74) is 1.01. The van der Waals surface area contributed by atoms with Crippen molar-refractivity contribution in [3.8, 4) is 0 Å². The zero-order chi connectivity index (χ0) is 12.8. The van der Waals surface area contributed by atoms with Crippen molar-refractivity contribution in [2.45, 2.75) is 16.2 Å². The molecule has 0 atom stereocenters. The summed E-state index contributed by atoms with van der Waals surface area (Å²) in [5.74, 6) is 0.140. The number of hydrogen-bond donors (Lipinski definition) is 0. The van der Waals surface area contributed by atoms with Crippen molar-refractivity contribution in [2.75, 3.05) is 5.88 Å². The predicted molar refractivity (Wildman–Crippen MR) is 76.4 cm³/mol. The van der Waals surface area contributed by atoms with Crippen LogP contribution in [-0.4, -0.2) is 11.7 Å². The maximum absolute atomic E-state index is 11.2. The van der Waals surface area contributed by atoms with Crippen LogP contribution in [0.1, 0.15) is 5.56 Å². The first-order valence-corrected chi connectivity index (χ1v) is 7.02. The first-order chi connectivity index (χ1) is 8.78. The van der Waals surface area contributed by atoms with Gasteiger partial charge < -0.3 is 0 Å². The van der Waals surface area contributed by atoms with E-state index in [-0.39, 0.29) is 11.7 Å². The second-order valence-corrected chi connectivity index (χ2v) is 5.32. The number of hydrogen-bond acceptors (Lipinski definition) is 2. The van der Waals surface area contributed by atoms with E-state index in [2.05, 4.69) is 12.1 Å². The molecule has 0 amide bonds. The zero-order valence-corrected chi connectivity index (χ0v) is 11.4. The van der Waals surface area contributed by atoms with Crippen molar-refractivity contribution in [3.63, 3.8) is 0 Å². The number of halogens is 1. The van der Waals surface area contributed by atoms with Crippen LogP contribution in [0.3, 0.4) is 0 Å². The van der Waals surface area contributed by atoms with Crippen LogP contribution < -0.4 is 0 Å². The Bertz CT molecular complexity index is 508. The summed E-state index contributed by atoms with van der Waals surface area (Å²) in [4.78, 5) is 13.6. The fourth-order valence-electron chi connectivity index (χ4n) is 1.57. The van der Waals surface area contributed by atoms with Gasteiger partial charge in [0.2, 0.25) is 0 Å². The van der Waals surface area contributed by atoms with E-state index >= 15 is 0 Å². The van der Waals surface area contributed by atoms with Gasteiger partial charge in [0, 0.05) is 16.2 Å². The molecule has 0 unspecified atom stereocenters. The third-order valence-electron chi connectivity index (χ3n) is 2.45. The normalized spacial score (nSPS) is 10.3. The average molecular weight is 277 g/mol. The van der Waals surface area contributed by atoms with Crippen molar-refractivity contribution in [1.82, 2.24) is 0 Å². The predicted octanol–water partition coefficient (Wildman–Crippen LogP) is 4.19. The molecule has 0 aliphatic rings. The van der Waals surface area contributed by atoms with E-state index in [0.29, 0.717) is 6.42 Å². The molecular formula is C15H13ClOS. The van der Waals surface area contributed by atoms with E-state index in [0.717, 1.165) is 5.56 Å². The van der Waals surface area contributed by atoms with Crippen LogP contribution in [0.15, 0.2) is 64.4 Å². The quantitative estimate of drug-likeness (QED) is 0.762. The Labute approximate surface area is 116 Å². The highest BCUT2D eigenvalue weighted by atomic mass is 35.5. The topological polar surface area (TPSA) is 17.1 Å². The largest absolute Gasteiger partial charge is 0.298 e. The van der Waals surface area contributed by atoms with Crippen LogP contribution in [0.5, 0.6) is 0 Å². The van der Waals surface area contributed by atoms with E-state index in [4.69, 9.17) is 11.6 Å². The molecule has 18 heavy (non-hydrogen) atoms. The minimum absolute atomic E-state index is 0.0557. The molecule has 2 aromatic carbocycles. The van der Waals surface area contributed by atoms with Gasteiger partial charge in [-0.05, 0) is 29.8 Å². The van der Waals surface area contributed by atoms with Gasteiger partial charge in [0.1, 0.15) is 0 Å². The number of Topliss-reactive ketones (excluding diaryl/α,β-unsaturated/α-hetero) is 1. The van der Waals surface area contributed by atoms with Gasteiger partial charge in [-0.2, -0.15) is 0 Å². The number of carbonyl (C=O) groups is 1. The highest BCUT2D eigenvalue weighted by molar-refractivity contribution is 7.99. The van der Waals surface area contributed by atoms with Crippen LogP contribution in [-0.2, 0) is 11.2 Å². The lowest BCUT2D eigenvalue weighted by molar-refractivity contribution is -0.116. The molecule has 3 heteroatoms. The number of carbonyl (C=O) groups excluding carboxylic acids is 1. The molecule has 2 aromatic rings. The Balaban J connectivity index is 2.02. The molecular weight excluding hydrogens is 264 g/mol. The SMILES string of the molecule is O=C(CCl)Cc1ccc(Sc2ccccc2)cc1. The number of alkyl halides is 1. The molecule has 2 rings (SSSR count). The van der Waals surface area contributed by atoms with Gasteiger partial charge in [0.25, 0.3) is 0 Å². The van der Waals surface area contributed by atoms with Gasteiger partial charge in [-0.15, -0.1) is 11.6 Å². The van der Waals surface area contributed by atoms with Gasteiger partial charge in [-0.1, -0.05) is 42.1 Å². The van der Waals surface area contributed by atoms with Gasteiger partial charge in [0.05, 0.1) is 5.88 Å². The van der Waals surface area contributed by atoms with Crippen LogP contribution in [0.2, 0.25) is 0 Å². The minimum Gasteiger partial charge on any atom is -0.298 e. The molecule has 0 saturated carbocycles. The van der Waals surface area contributed by atoms with Crippen LogP contribution in [0.25, 0.3) is 0 Å². The third-order valence-corrected chi connectivity index (χ3v) is 3.77. The first kappa shape index (κ1) is 13.2. The lowest BCUT2D eigenvalue weighted by Crippen LogP contribution is -2.03. The Morgan fingerprint density at radius 1 is 0.944 bits per heavy atom. The minimum atomic E-state index is 0.0557. The monoisotopic (exact) mass is 276 g/mol. The lowest BCUT2D eigenvalue weighted by atomic mass is 10.1. The Morgan fingerprint density at radius 2 is 1.56 bits per heavy atom. The van der Waals surface area contributed by atoms with E-state index in [9.17, 15) is 4.79 Å². The van der Waals surface area contributed by atoms with Crippen molar-refractivity contribution in [2.24, 2.45) is 0 Å². The molecule has 0 fully saturated rings. The molecule has 0 radical (unpaired) electrons. The first-order valence-electron chi connectivity index (χ1n) is 5.67. The summed E-state index contributed by atoms with van der Waals surface area (Å²) in [6.07, 6.45) is 0.416. The van der Waals surface area contributed by atoms with Crippen molar-refractivity contribution in [3.05, 3.63) is 60.2 Å². The maximum atomic E-state index is 11.2. The summed E-state index contributed by atoms with van der Waals surface area (Å²) < 4.78 is 0. The molecule has 0 aliphatic heterocycles. The summed E-state index contributed by atoms with van der Waals surface area (Å²) in [6, 6.07) is 18.2. The number of benzene rings is 2. The molecule has 0 N–H and O–H groups in total. The van der Waals surface area contributed by atoms with Crippen LogP contribution >= 0.6 is 23.4 Å². The second-order valence-electron chi connectivity index (χ2n) is 3.91.